The second-order valence-corrected chi connectivity index (χ2v) is 8.65. The normalized spacial score (nSPS) is 14.7. The van der Waals surface area contributed by atoms with Crippen LogP contribution >= 0.6 is 0 Å². The molecule has 13 heteroatoms. The molecule has 172 valence electrons. The molecule has 1 atom stereocenters. The van der Waals surface area contributed by atoms with Crippen molar-refractivity contribution in [2.24, 2.45) is 10.7 Å². The topological polar surface area (TPSA) is 175 Å². The molecule has 0 spiro atoms. The average Bonchev–Trinajstić information content (AvgIpc) is 2.76. The lowest BCUT2D eigenvalue weighted by atomic mass is 10.2. The van der Waals surface area contributed by atoms with Gasteiger partial charge in [-0.3, -0.25) is 19.6 Å². The molecule has 1 aromatic carbocycles. The predicted molar refractivity (Wildman–Crippen MR) is 114 cm³/mol. The van der Waals surface area contributed by atoms with Crippen LogP contribution in [0.25, 0.3) is 0 Å². The molecule has 12 nitrogen and oxygen atoms in total. The summed E-state index contributed by atoms with van der Waals surface area (Å²) in [6.07, 6.45) is 1.01. The zero-order valence-corrected chi connectivity index (χ0v) is 18.0. The van der Waals surface area contributed by atoms with Crippen LogP contribution in [0.1, 0.15) is 23.7 Å². The molecule has 31 heavy (non-hydrogen) atoms. The number of hydrazine groups is 1. The molecule has 1 aromatic rings. The number of benzene rings is 1. The fourth-order valence-corrected chi connectivity index (χ4v) is 3.13. The summed E-state index contributed by atoms with van der Waals surface area (Å²) < 4.78 is 29.4. The van der Waals surface area contributed by atoms with Crippen molar-refractivity contribution >= 4 is 27.9 Å². The maximum absolute atomic E-state index is 12.7. The van der Waals surface area contributed by atoms with E-state index < -0.39 is 34.5 Å². The number of amides is 1. The number of hydrogen-bond donors (Lipinski definition) is 5. The van der Waals surface area contributed by atoms with E-state index in [0.717, 1.165) is 25.5 Å². The molecule has 0 bridgehead atoms. The van der Waals surface area contributed by atoms with Gasteiger partial charge in [0.15, 0.2) is 5.96 Å². The minimum Gasteiger partial charge on any atom is -0.492 e. The molecule has 6 N–H and O–H groups in total. The summed E-state index contributed by atoms with van der Waals surface area (Å²) >= 11 is 0. The third-order valence-corrected chi connectivity index (χ3v) is 5.49. The summed E-state index contributed by atoms with van der Waals surface area (Å²) in [5, 5.41) is 15.9. The lowest BCUT2D eigenvalue weighted by Gasteiger charge is -2.24. The van der Waals surface area contributed by atoms with Gasteiger partial charge in [-0.05, 0) is 37.6 Å². The predicted octanol–water partition coefficient (Wildman–Crippen LogP) is -1.29. The number of rotatable bonds is 11. The number of ether oxygens (including phenoxy) is 1. The fraction of sp³-hybridized carbons (Fsp3) is 0.500. The van der Waals surface area contributed by atoms with Gasteiger partial charge in [0.25, 0.3) is 5.91 Å². The van der Waals surface area contributed by atoms with E-state index in [0.29, 0.717) is 23.9 Å². The van der Waals surface area contributed by atoms with Gasteiger partial charge < -0.3 is 26.2 Å². The van der Waals surface area contributed by atoms with E-state index >= 15 is 0 Å². The number of carbonyl (C=O) groups excluding carboxylic acids is 1. The van der Waals surface area contributed by atoms with Crippen LogP contribution in [-0.4, -0.2) is 80.9 Å². The van der Waals surface area contributed by atoms with Crippen LogP contribution in [0, 0.1) is 0 Å². The van der Waals surface area contributed by atoms with E-state index in [1.165, 1.54) is 19.1 Å². The lowest BCUT2D eigenvalue weighted by Crippen LogP contribution is -2.53. The molecule has 0 fully saturated rings. The zero-order valence-electron chi connectivity index (χ0n) is 17.2. The van der Waals surface area contributed by atoms with Crippen LogP contribution in [0.15, 0.2) is 29.3 Å². The molecule has 1 aliphatic heterocycles. The lowest BCUT2D eigenvalue weighted by molar-refractivity contribution is -0.138. The Labute approximate surface area is 180 Å². The molecule has 1 heterocycles. The van der Waals surface area contributed by atoms with Gasteiger partial charge in [-0.25, -0.2) is 8.42 Å². The van der Waals surface area contributed by atoms with E-state index in [2.05, 4.69) is 20.5 Å². The van der Waals surface area contributed by atoms with Gasteiger partial charge in [0.1, 0.15) is 18.4 Å². The largest absolute Gasteiger partial charge is 0.492 e. The first-order valence-electron chi connectivity index (χ1n) is 9.77. The van der Waals surface area contributed by atoms with Gasteiger partial charge in [-0.1, -0.05) is 0 Å². The summed E-state index contributed by atoms with van der Waals surface area (Å²) in [6.45, 7) is 3.42. The van der Waals surface area contributed by atoms with Gasteiger partial charge in [0.2, 0.25) is 10.0 Å². The maximum atomic E-state index is 12.7. The highest BCUT2D eigenvalue weighted by atomic mass is 32.2. The molecular formula is C18H28N6O6S. The highest BCUT2D eigenvalue weighted by Gasteiger charge is 2.25. The highest BCUT2D eigenvalue weighted by Crippen LogP contribution is 2.14. The number of nitrogens with zero attached hydrogens (tertiary/aromatic N) is 2. The highest BCUT2D eigenvalue weighted by molar-refractivity contribution is 7.89. The second-order valence-electron chi connectivity index (χ2n) is 6.67. The van der Waals surface area contributed by atoms with Gasteiger partial charge in [0.05, 0.1) is 18.8 Å². The van der Waals surface area contributed by atoms with Crippen molar-refractivity contribution in [3.63, 3.8) is 0 Å². The van der Waals surface area contributed by atoms with Crippen LogP contribution in [0.2, 0.25) is 0 Å². The average molecular weight is 457 g/mol. The van der Waals surface area contributed by atoms with Crippen molar-refractivity contribution in [2.75, 3.05) is 38.5 Å². The number of guanidine groups is 1. The number of nitrogens with one attached hydrogen (secondary N) is 3. The molecule has 0 aliphatic carbocycles. The molecule has 0 unspecified atom stereocenters. The molecule has 0 saturated carbocycles. The van der Waals surface area contributed by atoms with E-state index in [4.69, 9.17) is 15.6 Å². The SMILES string of the molecule is CCS(=O)(=O)NN(C[C@H](N)C(=O)O)C(=O)c1ccc(OCCNC2=NCCCN2)cc1. The van der Waals surface area contributed by atoms with Crippen molar-refractivity contribution in [2.45, 2.75) is 19.4 Å². The van der Waals surface area contributed by atoms with Crippen molar-refractivity contribution in [3.8, 4) is 5.75 Å². The Morgan fingerprint density at radius 2 is 2.06 bits per heavy atom. The van der Waals surface area contributed by atoms with Crippen molar-refractivity contribution in [1.29, 1.82) is 0 Å². The molecule has 0 saturated heterocycles. The molecule has 1 aliphatic rings. The summed E-state index contributed by atoms with van der Waals surface area (Å²) in [7, 11) is -3.82. The Morgan fingerprint density at radius 3 is 2.65 bits per heavy atom. The van der Waals surface area contributed by atoms with Crippen LogP contribution in [-0.2, 0) is 14.8 Å². The molecule has 0 radical (unpaired) electrons. The van der Waals surface area contributed by atoms with Crippen LogP contribution in [0.4, 0.5) is 0 Å². The number of carboxylic acid groups (broad SMARTS) is 1. The van der Waals surface area contributed by atoms with Crippen LogP contribution in [0.5, 0.6) is 5.75 Å². The van der Waals surface area contributed by atoms with Gasteiger partial charge in [0, 0.05) is 18.7 Å². The Hall–Kier alpha value is -2.90. The van der Waals surface area contributed by atoms with E-state index in [1.54, 1.807) is 12.1 Å². The van der Waals surface area contributed by atoms with Crippen molar-refractivity contribution in [1.82, 2.24) is 20.5 Å². The molecule has 1 amide bonds. The maximum Gasteiger partial charge on any atom is 0.322 e. The molecule has 0 aromatic heterocycles. The fourth-order valence-electron chi connectivity index (χ4n) is 2.51. The first-order valence-corrected chi connectivity index (χ1v) is 11.4. The Bertz CT molecular complexity index is 889. The molecule has 2 rings (SSSR count). The van der Waals surface area contributed by atoms with Crippen LogP contribution < -0.4 is 25.9 Å². The summed E-state index contributed by atoms with van der Waals surface area (Å²) in [5.41, 5.74) is 5.61. The number of sulfonamides is 1. The van der Waals surface area contributed by atoms with Gasteiger partial charge in [-0.2, -0.15) is 0 Å². The number of aliphatic imine (C=N–C) groups is 1. The monoisotopic (exact) mass is 456 g/mol. The first-order chi connectivity index (χ1) is 14.7. The zero-order chi connectivity index (χ0) is 22.9. The van der Waals surface area contributed by atoms with Crippen LogP contribution in [0.3, 0.4) is 0 Å². The van der Waals surface area contributed by atoms with Crippen molar-refractivity contribution in [3.05, 3.63) is 29.8 Å². The summed E-state index contributed by atoms with van der Waals surface area (Å²) in [5.74, 6) is -1.13. The quantitative estimate of drug-likeness (QED) is 0.200. The molecular weight excluding hydrogens is 428 g/mol. The first kappa shape index (κ1) is 24.4. The smallest absolute Gasteiger partial charge is 0.322 e. The minimum absolute atomic E-state index is 0.141. The Balaban J connectivity index is 1.96. The van der Waals surface area contributed by atoms with E-state index in [1.807, 2.05) is 0 Å². The third-order valence-electron chi connectivity index (χ3n) is 4.23. The Kier molecular flexibility index (Phi) is 9.03. The number of carbonyl (C=O) groups is 2. The standard InChI is InChI=1S/C18H28N6O6S/c1-2-31(28,29)23-24(12-15(19)17(26)27)16(25)13-4-6-14(7-5-13)30-11-10-22-18-20-8-3-9-21-18/h4-7,15,23H,2-3,8-12,19H2,1H3,(H,26,27)(H2,20,21,22)/t15-/m0/s1. The van der Waals surface area contributed by atoms with Gasteiger partial charge >= 0.3 is 5.97 Å². The number of carboxylic acids is 1. The second kappa shape index (κ2) is 11.5. The summed E-state index contributed by atoms with van der Waals surface area (Å²) in [6, 6.07) is 4.58. The van der Waals surface area contributed by atoms with E-state index in [-0.39, 0.29) is 11.3 Å². The van der Waals surface area contributed by atoms with Crippen molar-refractivity contribution < 1.29 is 27.9 Å². The number of aliphatic carboxylic acids is 1. The third kappa shape index (κ3) is 8.03. The van der Waals surface area contributed by atoms with Gasteiger partial charge in [-0.15, -0.1) is 4.83 Å². The minimum atomic E-state index is -3.82. The summed E-state index contributed by atoms with van der Waals surface area (Å²) in [4.78, 5) is 30.1. The number of hydrogen-bond acceptors (Lipinski definition) is 9. The number of nitrogens with two attached hydrogens (primary N) is 1. The Morgan fingerprint density at radius 1 is 1.35 bits per heavy atom. The van der Waals surface area contributed by atoms with E-state index in [9.17, 15) is 18.0 Å².